The average molecular weight is 408 g/mol. The number of aryl methyl sites for hydroxylation is 2. The highest BCUT2D eigenvalue weighted by atomic mass is 16.6. The monoisotopic (exact) mass is 408 g/mol. The van der Waals surface area contributed by atoms with Crippen LogP contribution in [0.4, 0.5) is 21.9 Å². The summed E-state index contributed by atoms with van der Waals surface area (Å²) in [6, 6.07) is 13.6. The molecule has 6 heteroatoms. The fourth-order valence-corrected chi connectivity index (χ4v) is 3.50. The van der Waals surface area contributed by atoms with Crippen molar-refractivity contribution in [1.82, 2.24) is 0 Å². The summed E-state index contributed by atoms with van der Waals surface area (Å²) in [5, 5.41) is 2.79. The predicted octanol–water partition coefficient (Wildman–Crippen LogP) is 4.98. The van der Waals surface area contributed by atoms with Gasteiger partial charge in [-0.05, 0) is 75.8 Å². The molecule has 158 valence electrons. The average Bonchev–Trinajstić information content (AvgIpc) is 3.51. The number of anilines is 3. The first kappa shape index (κ1) is 20.4. The number of nitrogens with zero attached hydrogens (tertiary/aromatic N) is 1. The van der Waals surface area contributed by atoms with Crippen LogP contribution in [0.3, 0.4) is 0 Å². The lowest BCUT2D eigenvalue weighted by atomic mass is 10.0. The Morgan fingerprint density at radius 3 is 2.43 bits per heavy atom. The van der Waals surface area contributed by atoms with Gasteiger partial charge in [0.15, 0.2) is 0 Å². The molecule has 1 N–H and O–H groups in total. The summed E-state index contributed by atoms with van der Waals surface area (Å²) in [6.45, 7) is 5.76. The van der Waals surface area contributed by atoms with Crippen LogP contribution in [0.15, 0.2) is 42.5 Å². The maximum Gasteiger partial charge on any atom is 0.411 e. The Balaban J connectivity index is 1.67. The molecule has 2 aromatic carbocycles. The SMILES string of the molecule is CC(C)(C)OCC(=O)N1c2ccccc2CCc2ccc(NC(=O)OC3CC3)cc21. The first-order valence-electron chi connectivity index (χ1n) is 10.5. The van der Waals surface area contributed by atoms with Crippen LogP contribution in [0.5, 0.6) is 0 Å². The van der Waals surface area contributed by atoms with Crippen molar-refractivity contribution in [3.05, 3.63) is 53.6 Å². The summed E-state index contributed by atoms with van der Waals surface area (Å²) in [7, 11) is 0. The third-order valence-electron chi connectivity index (χ3n) is 5.14. The molecule has 0 aromatic heterocycles. The van der Waals surface area contributed by atoms with Gasteiger partial charge in [-0.25, -0.2) is 4.79 Å². The summed E-state index contributed by atoms with van der Waals surface area (Å²) < 4.78 is 11.1. The number of ether oxygens (including phenoxy) is 2. The van der Waals surface area contributed by atoms with Gasteiger partial charge in [0.1, 0.15) is 12.7 Å². The molecule has 2 aliphatic rings. The molecule has 1 aliphatic heterocycles. The van der Waals surface area contributed by atoms with Crippen LogP contribution >= 0.6 is 0 Å². The van der Waals surface area contributed by atoms with Gasteiger partial charge in [0, 0.05) is 5.69 Å². The lowest BCUT2D eigenvalue weighted by Gasteiger charge is -2.27. The highest BCUT2D eigenvalue weighted by Gasteiger charge is 2.28. The van der Waals surface area contributed by atoms with Crippen LogP contribution in [0, 0.1) is 0 Å². The number of carbonyl (C=O) groups is 2. The number of fused-ring (bicyclic) bond motifs is 2. The molecule has 2 aromatic rings. The Morgan fingerprint density at radius 2 is 1.73 bits per heavy atom. The largest absolute Gasteiger partial charge is 0.446 e. The van der Waals surface area contributed by atoms with E-state index >= 15 is 0 Å². The molecule has 0 saturated heterocycles. The number of para-hydroxylation sites is 1. The molecular weight excluding hydrogens is 380 g/mol. The summed E-state index contributed by atoms with van der Waals surface area (Å²) in [6.07, 6.45) is 3.06. The maximum absolute atomic E-state index is 13.3. The van der Waals surface area contributed by atoms with Crippen LogP contribution in [-0.4, -0.2) is 30.3 Å². The zero-order valence-electron chi connectivity index (χ0n) is 17.7. The minimum absolute atomic E-state index is 0.0291. The van der Waals surface area contributed by atoms with Gasteiger partial charge < -0.3 is 9.47 Å². The molecule has 0 radical (unpaired) electrons. The van der Waals surface area contributed by atoms with E-state index in [-0.39, 0.29) is 18.6 Å². The normalized spacial score (nSPS) is 15.6. The lowest BCUT2D eigenvalue weighted by molar-refractivity contribution is -0.127. The third-order valence-corrected chi connectivity index (χ3v) is 5.14. The molecule has 1 saturated carbocycles. The standard InChI is InChI=1S/C24H28N2O4/c1-24(2,3)29-15-22(27)26-20-7-5-4-6-16(20)8-9-17-10-11-18(14-21(17)26)25-23(28)30-19-12-13-19/h4-7,10-11,14,19H,8-9,12-13,15H2,1-3H3,(H,25,28). The van der Waals surface area contributed by atoms with Crippen LogP contribution in [0.25, 0.3) is 0 Å². The van der Waals surface area contributed by atoms with Crippen molar-refractivity contribution in [3.8, 4) is 0 Å². The molecule has 0 unspecified atom stereocenters. The van der Waals surface area contributed by atoms with Crippen LogP contribution in [0.2, 0.25) is 0 Å². The number of amides is 2. The number of nitrogens with one attached hydrogen (secondary N) is 1. The quantitative estimate of drug-likeness (QED) is 0.775. The zero-order chi connectivity index (χ0) is 21.3. The van der Waals surface area contributed by atoms with Crippen molar-refractivity contribution in [3.63, 3.8) is 0 Å². The molecule has 4 rings (SSSR count). The van der Waals surface area contributed by atoms with Gasteiger partial charge in [0.05, 0.1) is 17.0 Å². The zero-order valence-corrected chi connectivity index (χ0v) is 17.7. The fourth-order valence-electron chi connectivity index (χ4n) is 3.50. The van der Waals surface area contributed by atoms with Gasteiger partial charge in [-0.3, -0.25) is 15.0 Å². The molecule has 1 fully saturated rings. The molecule has 0 bridgehead atoms. The topological polar surface area (TPSA) is 67.9 Å². The minimum atomic E-state index is -0.458. The maximum atomic E-state index is 13.3. The summed E-state index contributed by atoms with van der Waals surface area (Å²) in [5.41, 5.74) is 3.98. The number of hydrogen-bond donors (Lipinski definition) is 1. The number of rotatable bonds is 4. The van der Waals surface area contributed by atoms with Gasteiger partial charge in [0.2, 0.25) is 0 Å². The fraction of sp³-hybridized carbons (Fsp3) is 0.417. The van der Waals surface area contributed by atoms with Crippen LogP contribution in [-0.2, 0) is 27.1 Å². The van der Waals surface area contributed by atoms with Crippen molar-refractivity contribution in [2.24, 2.45) is 0 Å². The number of carbonyl (C=O) groups excluding carboxylic acids is 2. The van der Waals surface area contributed by atoms with Crippen molar-refractivity contribution in [1.29, 1.82) is 0 Å². The van der Waals surface area contributed by atoms with E-state index in [1.54, 1.807) is 4.90 Å². The van der Waals surface area contributed by atoms with Crippen molar-refractivity contribution in [2.75, 3.05) is 16.8 Å². The molecule has 0 spiro atoms. The van der Waals surface area contributed by atoms with Gasteiger partial charge >= 0.3 is 6.09 Å². The van der Waals surface area contributed by atoms with Crippen LogP contribution in [0.1, 0.15) is 44.7 Å². The highest BCUT2D eigenvalue weighted by molar-refractivity contribution is 6.03. The Hall–Kier alpha value is -2.86. The highest BCUT2D eigenvalue weighted by Crippen LogP contribution is 2.38. The van der Waals surface area contributed by atoms with E-state index in [0.29, 0.717) is 5.69 Å². The number of hydrogen-bond acceptors (Lipinski definition) is 4. The van der Waals surface area contributed by atoms with E-state index < -0.39 is 11.7 Å². The Labute approximate surface area is 177 Å². The molecule has 0 atom stereocenters. The van der Waals surface area contributed by atoms with E-state index in [0.717, 1.165) is 48.2 Å². The minimum Gasteiger partial charge on any atom is -0.446 e. The first-order valence-corrected chi connectivity index (χ1v) is 10.5. The van der Waals surface area contributed by atoms with Gasteiger partial charge in [-0.15, -0.1) is 0 Å². The van der Waals surface area contributed by atoms with E-state index in [9.17, 15) is 9.59 Å². The van der Waals surface area contributed by atoms with E-state index in [2.05, 4.69) is 11.4 Å². The van der Waals surface area contributed by atoms with E-state index in [1.165, 1.54) is 0 Å². The Kier molecular flexibility index (Phi) is 5.52. The smallest absolute Gasteiger partial charge is 0.411 e. The molecule has 30 heavy (non-hydrogen) atoms. The summed E-state index contributed by atoms with van der Waals surface area (Å²) >= 11 is 0. The van der Waals surface area contributed by atoms with E-state index in [1.807, 2.05) is 57.2 Å². The van der Waals surface area contributed by atoms with Crippen LogP contribution < -0.4 is 10.2 Å². The Bertz CT molecular complexity index is 960. The summed E-state index contributed by atoms with van der Waals surface area (Å²) in [5.74, 6) is -0.141. The second kappa shape index (κ2) is 8.11. The third kappa shape index (κ3) is 4.82. The van der Waals surface area contributed by atoms with Crippen molar-refractivity contribution >= 4 is 29.1 Å². The molecule has 6 nitrogen and oxygen atoms in total. The number of benzene rings is 2. The molecule has 2 amide bonds. The second-order valence-electron chi connectivity index (χ2n) is 8.83. The summed E-state index contributed by atoms with van der Waals surface area (Å²) in [4.78, 5) is 27.1. The predicted molar refractivity (Wildman–Crippen MR) is 116 cm³/mol. The lowest BCUT2D eigenvalue weighted by Crippen LogP contribution is -2.34. The molecular formula is C24H28N2O4. The van der Waals surface area contributed by atoms with E-state index in [4.69, 9.17) is 9.47 Å². The Morgan fingerprint density at radius 1 is 1.03 bits per heavy atom. The molecule has 1 aliphatic carbocycles. The van der Waals surface area contributed by atoms with Crippen molar-refractivity contribution in [2.45, 2.75) is 58.2 Å². The van der Waals surface area contributed by atoms with Gasteiger partial charge in [-0.1, -0.05) is 24.3 Å². The van der Waals surface area contributed by atoms with Crippen molar-refractivity contribution < 1.29 is 19.1 Å². The first-order chi connectivity index (χ1) is 14.3. The van der Waals surface area contributed by atoms with Gasteiger partial charge in [0.25, 0.3) is 5.91 Å². The van der Waals surface area contributed by atoms with Gasteiger partial charge in [-0.2, -0.15) is 0 Å². The second-order valence-corrected chi connectivity index (χ2v) is 8.83. The molecule has 1 heterocycles.